The van der Waals surface area contributed by atoms with E-state index in [-0.39, 0.29) is 0 Å². The van der Waals surface area contributed by atoms with Gasteiger partial charge in [-0.3, -0.25) is 0 Å². The molecule has 168 valence electrons. The topological polar surface area (TPSA) is 26.0 Å². The molecule has 2 N–H and O–H groups in total. The van der Waals surface area contributed by atoms with Crippen LogP contribution in [0.5, 0.6) is 0 Å². The van der Waals surface area contributed by atoms with Crippen LogP contribution in [0.15, 0.2) is 121 Å². The Morgan fingerprint density at radius 1 is 0.500 bits per heavy atom. The normalized spacial score (nSPS) is 15.1. The Hall–Kier alpha value is -3.46. The minimum Gasteiger partial charge on any atom is -0.330 e. The summed E-state index contributed by atoms with van der Waals surface area (Å²) in [5.41, 5.74) is 14.2. The molecular weight excluding hydrogens is 426 g/mol. The number of benzene rings is 4. The second kappa shape index (κ2) is 9.80. The van der Waals surface area contributed by atoms with Gasteiger partial charge in [-0.2, -0.15) is 0 Å². The second-order valence-electron chi connectivity index (χ2n) is 9.19. The molecule has 0 amide bonds. The summed E-state index contributed by atoms with van der Waals surface area (Å²) in [6.07, 6.45) is 1.03. The first-order valence-corrected chi connectivity index (χ1v) is 14.9. The van der Waals surface area contributed by atoms with Gasteiger partial charge in [0, 0.05) is 0 Å². The molecule has 1 nitrogen and oxygen atoms in total. The van der Waals surface area contributed by atoms with Gasteiger partial charge in [-0.05, 0) is 62.8 Å². The van der Waals surface area contributed by atoms with Crippen molar-refractivity contribution in [2.24, 2.45) is 5.73 Å². The Morgan fingerprint density at radius 3 is 1.15 bits per heavy atom. The van der Waals surface area contributed by atoms with Crippen LogP contribution < -0.4 is 5.73 Å². The highest BCUT2D eigenvalue weighted by molar-refractivity contribution is 7.14. The van der Waals surface area contributed by atoms with Gasteiger partial charge in [-0.25, -0.2) is 0 Å². The fourth-order valence-corrected chi connectivity index (χ4v) is 10.5. The number of hydrogen-bond acceptors (Lipinski definition) is 1. The molecule has 0 atom stereocenters. The van der Waals surface area contributed by atoms with Crippen molar-refractivity contribution >= 4 is 29.6 Å². The van der Waals surface area contributed by atoms with Gasteiger partial charge in [0.1, 0.15) is 8.07 Å². The zero-order valence-corrected chi connectivity index (χ0v) is 20.7. The summed E-state index contributed by atoms with van der Waals surface area (Å²) in [4.78, 5) is 0. The maximum absolute atomic E-state index is 6.12. The maximum atomic E-state index is 6.12. The highest BCUT2D eigenvalue weighted by Crippen LogP contribution is 2.57. The molecule has 0 saturated heterocycles. The third-order valence-corrected chi connectivity index (χ3v) is 11.6. The van der Waals surface area contributed by atoms with Gasteiger partial charge in [0.15, 0.2) is 0 Å². The van der Waals surface area contributed by atoms with E-state index in [1.807, 2.05) is 0 Å². The average molecular weight is 458 g/mol. The maximum Gasteiger partial charge on any atom is 0.118 e. The third kappa shape index (κ3) is 4.00. The molecule has 34 heavy (non-hydrogen) atoms. The summed E-state index contributed by atoms with van der Waals surface area (Å²) in [6, 6.07) is 45.2. The Kier molecular flexibility index (Phi) is 6.44. The van der Waals surface area contributed by atoms with Gasteiger partial charge in [0.05, 0.1) is 0 Å². The lowest BCUT2D eigenvalue weighted by Crippen LogP contribution is -2.33. The quantitative estimate of drug-likeness (QED) is 0.282. The van der Waals surface area contributed by atoms with Crippen LogP contribution in [0, 0.1) is 0 Å². The fraction of sp³-hybridized carbons (Fsp3) is 0.125. The Balaban J connectivity index is 1.93. The van der Waals surface area contributed by atoms with Crippen molar-refractivity contribution in [1.82, 2.24) is 0 Å². The third-order valence-electron chi connectivity index (χ3n) is 6.98. The van der Waals surface area contributed by atoms with Gasteiger partial charge < -0.3 is 5.73 Å². The molecule has 4 aromatic rings. The summed E-state index contributed by atoms with van der Waals surface area (Å²) in [6.45, 7) is 3.28. The van der Waals surface area contributed by atoms with Crippen LogP contribution >= 0.6 is 0 Å². The standard InChI is InChI=1S/C32H31NSi/c1-34(24-14-23-33)31(27-19-10-4-11-20-27)29(25-15-6-2-7-16-25)30(26-17-8-3-9-18-26)32(34)28-21-12-5-13-22-28/h2-13,15-22H,14,23-24,33H2,1H3. The number of nitrogens with two attached hydrogens (primary N) is 1. The summed E-state index contributed by atoms with van der Waals surface area (Å²) in [7, 11) is -2.16. The van der Waals surface area contributed by atoms with Crippen molar-refractivity contribution in [1.29, 1.82) is 0 Å². The lowest BCUT2D eigenvalue weighted by Gasteiger charge is -2.31. The molecule has 1 aliphatic rings. The smallest absolute Gasteiger partial charge is 0.118 e. The first-order valence-electron chi connectivity index (χ1n) is 12.2. The molecule has 1 heterocycles. The average Bonchev–Trinajstić information content (AvgIpc) is 3.18. The van der Waals surface area contributed by atoms with Gasteiger partial charge >= 0.3 is 0 Å². The van der Waals surface area contributed by atoms with E-state index in [0.29, 0.717) is 6.54 Å². The summed E-state index contributed by atoms with van der Waals surface area (Å²) in [5, 5.41) is 3.07. The van der Waals surface area contributed by atoms with Gasteiger partial charge in [0.2, 0.25) is 0 Å². The van der Waals surface area contributed by atoms with Gasteiger partial charge in [-0.1, -0.05) is 128 Å². The highest BCUT2D eigenvalue weighted by atomic mass is 28.3. The zero-order valence-electron chi connectivity index (χ0n) is 19.7. The zero-order chi connectivity index (χ0) is 23.4. The van der Waals surface area contributed by atoms with Crippen LogP contribution in [-0.2, 0) is 0 Å². The minimum atomic E-state index is -2.16. The SMILES string of the molecule is C[Si]1(CCCN)C(c2ccccc2)=C(c2ccccc2)C(c2ccccc2)=C1c1ccccc1. The van der Waals surface area contributed by atoms with E-state index in [4.69, 9.17) is 5.73 Å². The van der Waals surface area contributed by atoms with Crippen molar-refractivity contribution in [3.63, 3.8) is 0 Å². The molecule has 0 saturated carbocycles. The minimum absolute atomic E-state index is 0.716. The van der Waals surface area contributed by atoms with E-state index in [9.17, 15) is 0 Å². The molecule has 1 aliphatic heterocycles. The lowest BCUT2D eigenvalue weighted by molar-refractivity contribution is 0.918. The van der Waals surface area contributed by atoms with Crippen molar-refractivity contribution in [2.75, 3.05) is 6.54 Å². The van der Waals surface area contributed by atoms with Crippen molar-refractivity contribution in [3.05, 3.63) is 144 Å². The van der Waals surface area contributed by atoms with Crippen LogP contribution in [0.4, 0.5) is 0 Å². The molecule has 0 radical (unpaired) electrons. The molecule has 0 aliphatic carbocycles. The second-order valence-corrected chi connectivity index (χ2v) is 13.4. The van der Waals surface area contributed by atoms with Crippen LogP contribution in [0.3, 0.4) is 0 Å². The molecule has 2 heteroatoms. The molecule has 0 aromatic heterocycles. The summed E-state index contributed by atoms with van der Waals surface area (Å²) >= 11 is 0. The largest absolute Gasteiger partial charge is 0.330 e. The lowest BCUT2D eigenvalue weighted by atomic mass is 9.89. The molecular formula is C32H31NSi. The van der Waals surface area contributed by atoms with Crippen molar-refractivity contribution in [2.45, 2.75) is 19.0 Å². The van der Waals surface area contributed by atoms with Crippen molar-refractivity contribution < 1.29 is 0 Å². The monoisotopic (exact) mass is 457 g/mol. The predicted octanol–water partition coefficient (Wildman–Crippen LogP) is 7.73. The van der Waals surface area contributed by atoms with E-state index in [0.717, 1.165) is 12.5 Å². The van der Waals surface area contributed by atoms with E-state index < -0.39 is 8.07 Å². The molecule has 0 fully saturated rings. The van der Waals surface area contributed by atoms with Gasteiger partial charge in [0.25, 0.3) is 0 Å². The highest BCUT2D eigenvalue weighted by Gasteiger charge is 2.46. The summed E-state index contributed by atoms with van der Waals surface area (Å²) in [5.74, 6) is 0. The van der Waals surface area contributed by atoms with Gasteiger partial charge in [-0.15, -0.1) is 0 Å². The van der Waals surface area contributed by atoms with Crippen LogP contribution in [0.25, 0.3) is 21.5 Å². The predicted molar refractivity (Wildman–Crippen MR) is 149 cm³/mol. The fourth-order valence-electron chi connectivity index (χ4n) is 5.55. The van der Waals surface area contributed by atoms with Crippen LogP contribution in [-0.4, -0.2) is 14.6 Å². The first-order chi connectivity index (χ1) is 16.7. The van der Waals surface area contributed by atoms with E-state index in [1.54, 1.807) is 0 Å². The summed E-state index contributed by atoms with van der Waals surface area (Å²) < 4.78 is 0. The van der Waals surface area contributed by atoms with Crippen molar-refractivity contribution in [3.8, 4) is 0 Å². The number of allylic oxidation sites excluding steroid dienone is 2. The Morgan fingerprint density at radius 2 is 0.824 bits per heavy atom. The first kappa shape index (κ1) is 22.3. The number of hydrogen-bond donors (Lipinski definition) is 1. The Labute approximate surface area is 204 Å². The number of rotatable bonds is 7. The molecule has 4 aromatic carbocycles. The van der Waals surface area contributed by atoms with E-state index >= 15 is 0 Å². The Bertz CT molecular complexity index is 1210. The molecule has 0 bridgehead atoms. The molecule has 0 spiro atoms. The van der Waals surface area contributed by atoms with E-state index in [2.05, 4.69) is 128 Å². The van der Waals surface area contributed by atoms with Crippen LogP contribution in [0.1, 0.15) is 28.7 Å². The molecule has 0 unspecified atom stereocenters. The molecule has 5 rings (SSSR count). The van der Waals surface area contributed by atoms with Crippen LogP contribution in [0.2, 0.25) is 12.6 Å². The van der Waals surface area contributed by atoms with E-state index in [1.165, 1.54) is 43.8 Å².